The summed E-state index contributed by atoms with van der Waals surface area (Å²) in [6.07, 6.45) is 3.61. The molecule has 0 saturated heterocycles. The van der Waals surface area contributed by atoms with Gasteiger partial charge in [0.1, 0.15) is 5.49 Å². The minimum atomic E-state index is 0.282. The Kier molecular flexibility index (Phi) is 2.68. The summed E-state index contributed by atoms with van der Waals surface area (Å²) in [6, 6.07) is 5.73. The quantitative estimate of drug-likeness (QED) is 0.757. The number of aromatic nitrogens is 3. The third-order valence-electron chi connectivity index (χ3n) is 2.31. The Morgan fingerprint density at radius 1 is 1.31 bits per heavy atom. The predicted octanol–water partition coefficient (Wildman–Crippen LogP) is 0.595. The second kappa shape index (κ2) is 4.14. The molecule has 0 aliphatic rings. The number of rotatable bonds is 1. The average molecular weight is 215 g/mol. The predicted molar refractivity (Wildman–Crippen MR) is 62.3 cm³/mol. The van der Waals surface area contributed by atoms with Crippen molar-refractivity contribution in [1.29, 1.82) is 0 Å². The third kappa shape index (κ3) is 1.93. The first-order chi connectivity index (χ1) is 7.70. The van der Waals surface area contributed by atoms with Crippen LogP contribution in [0.25, 0.3) is 11.3 Å². The molecule has 0 fully saturated rings. The Hall–Kier alpha value is -2.17. The van der Waals surface area contributed by atoms with Crippen LogP contribution in [0.4, 0.5) is 5.95 Å². The zero-order valence-electron chi connectivity index (χ0n) is 9.25. The number of anilines is 1. The molecule has 0 saturated carbocycles. The fourth-order valence-corrected chi connectivity index (χ4v) is 1.52. The summed E-state index contributed by atoms with van der Waals surface area (Å²) in [5.74, 6) is 0.282. The van der Waals surface area contributed by atoms with Gasteiger partial charge < -0.3 is 10.3 Å². The van der Waals surface area contributed by atoms with Gasteiger partial charge in [-0.05, 0) is 18.2 Å². The molecule has 0 spiro atoms. The molecule has 2 aromatic rings. The van der Waals surface area contributed by atoms with E-state index in [0.717, 1.165) is 16.7 Å². The van der Waals surface area contributed by atoms with Crippen molar-refractivity contribution in [3.05, 3.63) is 36.1 Å². The highest BCUT2D eigenvalue weighted by Crippen LogP contribution is 2.14. The van der Waals surface area contributed by atoms with E-state index in [4.69, 9.17) is 5.73 Å². The van der Waals surface area contributed by atoms with E-state index in [9.17, 15) is 0 Å². The van der Waals surface area contributed by atoms with E-state index < -0.39 is 0 Å². The zero-order valence-corrected chi connectivity index (χ0v) is 9.25. The summed E-state index contributed by atoms with van der Waals surface area (Å²) in [7, 11) is 3.70. The molecular weight excluding hydrogens is 202 g/mol. The van der Waals surface area contributed by atoms with Gasteiger partial charge in [0.2, 0.25) is 5.95 Å². The summed E-state index contributed by atoms with van der Waals surface area (Å²) in [4.78, 5) is 12.2. The first-order valence-electron chi connectivity index (χ1n) is 4.89. The van der Waals surface area contributed by atoms with Crippen molar-refractivity contribution in [3.8, 4) is 11.3 Å². The lowest BCUT2D eigenvalue weighted by Crippen LogP contribution is -2.16. The van der Waals surface area contributed by atoms with Crippen LogP contribution in [0.1, 0.15) is 0 Å². The lowest BCUT2D eigenvalue weighted by Gasteiger charge is -2.04. The van der Waals surface area contributed by atoms with Crippen molar-refractivity contribution in [1.82, 2.24) is 14.5 Å². The SMILES string of the molecule is CN=c1ccc(-c2ccnc(N)n2)cn1C. The molecule has 2 aromatic heterocycles. The summed E-state index contributed by atoms with van der Waals surface area (Å²) < 4.78 is 1.94. The van der Waals surface area contributed by atoms with Gasteiger partial charge in [0.15, 0.2) is 0 Å². The molecule has 0 radical (unpaired) electrons. The Balaban J connectivity index is 2.54. The topological polar surface area (TPSA) is 69.1 Å². The van der Waals surface area contributed by atoms with Crippen LogP contribution in [0.15, 0.2) is 35.6 Å². The maximum atomic E-state index is 5.54. The summed E-state index contributed by atoms with van der Waals surface area (Å²) >= 11 is 0. The van der Waals surface area contributed by atoms with Crippen LogP contribution in [0.5, 0.6) is 0 Å². The van der Waals surface area contributed by atoms with E-state index in [2.05, 4.69) is 15.0 Å². The molecule has 2 heterocycles. The van der Waals surface area contributed by atoms with Crippen molar-refractivity contribution in [2.75, 3.05) is 12.8 Å². The Morgan fingerprint density at radius 3 is 2.75 bits per heavy atom. The highest BCUT2D eigenvalue weighted by molar-refractivity contribution is 5.58. The van der Waals surface area contributed by atoms with Crippen molar-refractivity contribution in [2.45, 2.75) is 0 Å². The first kappa shape index (κ1) is 10.4. The summed E-state index contributed by atoms with van der Waals surface area (Å²) in [5.41, 5.74) is 8.25. The summed E-state index contributed by atoms with van der Waals surface area (Å²) in [6.45, 7) is 0. The molecule has 0 aliphatic carbocycles. The third-order valence-corrected chi connectivity index (χ3v) is 2.31. The molecule has 0 bridgehead atoms. The van der Waals surface area contributed by atoms with Gasteiger partial charge in [-0.15, -0.1) is 0 Å². The fraction of sp³-hybridized carbons (Fsp3) is 0.182. The van der Waals surface area contributed by atoms with Gasteiger partial charge in [0.25, 0.3) is 0 Å². The van der Waals surface area contributed by atoms with Crippen LogP contribution in [0.2, 0.25) is 0 Å². The van der Waals surface area contributed by atoms with E-state index in [-0.39, 0.29) is 5.95 Å². The van der Waals surface area contributed by atoms with Crippen LogP contribution in [-0.4, -0.2) is 21.6 Å². The number of hydrogen-bond donors (Lipinski definition) is 1. The standard InChI is InChI=1S/C11H13N5/c1-13-10-4-3-8(7-16(10)2)9-5-6-14-11(12)15-9/h3-7H,1-2H3,(H2,12,14,15). The van der Waals surface area contributed by atoms with Gasteiger partial charge in [0, 0.05) is 32.1 Å². The van der Waals surface area contributed by atoms with Crippen molar-refractivity contribution < 1.29 is 0 Å². The monoisotopic (exact) mass is 215 g/mol. The lowest BCUT2D eigenvalue weighted by atomic mass is 10.2. The number of nitrogen functional groups attached to an aromatic ring is 1. The van der Waals surface area contributed by atoms with E-state index in [1.165, 1.54) is 0 Å². The fourth-order valence-electron chi connectivity index (χ4n) is 1.52. The van der Waals surface area contributed by atoms with Crippen molar-refractivity contribution in [3.63, 3.8) is 0 Å². The number of nitrogens with two attached hydrogens (primary N) is 1. The average Bonchev–Trinajstić information content (AvgIpc) is 2.29. The second-order valence-electron chi connectivity index (χ2n) is 3.41. The van der Waals surface area contributed by atoms with Crippen LogP contribution in [0.3, 0.4) is 0 Å². The van der Waals surface area contributed by atoms with Crippen LogP contribution < -0.4 is 11.2 Å². The van der Waals surface area contributed by atoms with Crippen molar-refractivity contribution >= 4 is 5.95 Å². The van der Waals surface area contributed by atoms with Gasteiger partial charge >= 0.3 is 0 Å². The molecule has 2 N–H and O–H groups in total. The van der Waals surface area contributed by atoms with E-state index in [1.54, 1.807) is 13.2 Å². The van der Waals surface area contributed by atoms with E-state index in [1.807, 2.05) is 36.0 Å². The largest absolute Gasteiger partial charge is 0.368 e. The highest BCUT2D eigenvalue weighted by Gasteiger charge is 2.00. The van der Waals surface area contributed by atoms with Gasteiger partial charge in [-0.25, -0.2) is 9.97 Å². The molecule has 2 rings (SSSR count). The number of hydrogen-bond acceptors (Lipinski definition) is 4. The van der Waals surface area contributed by atoms with Crippen LogP contribution in [0, 0.1) is 0 Å². The van der Waals surface area contributed by atoms with Crippen LogP contribution >= 0.6 is 0 Å². The molecule has 5 nitrogen and oxygen atoms in total. The minimum Gasteiger partial charge on any atom is -0.368 e. The molecule has 0 aliphatic heterocycles. The maximum absolute atomic E-state index is 5.54. The zero-order chi connectivity index (χ0) is 11.5. The number of aryl methyl sites for hydroxylation is 1. The molecule has 0 unspecified atom stereocenters. The second-order valence-corrected chi connectivity index (χ2v) is 3.41. The molecule has 0 atom stereocenters. The Labute approximate surface area is 93.3 Å². The van der Waals surface area contributed by atoms with E-state index >= 15 is 0 Å². The van der Waals surface area contributed by atoms with E-state index in [0.29, 0.717) is 0 Å². The Bertz CT molecular complexity index is 571. The lowest BCUT2D eigenvalue weighted by molar-refractivity contribution is 0.829. The first-order valence-corrected chi connectivity index (χ1v) is 4.89. The normalized spacial score (nSPS) is 11.8. The molecule has 0 aromatic carbocycles. The minimum absolute atomic E-state index is 0.282. The molecule has 0 amide bonds. The molecule has 16 heavy (non-hydrogen) atoms. The van der Waals surface area contributed by atoms with Crippen LogP contribution in [-0.2, 0) is 7.05 Å². The number of pyridine rings is 1. The van der Waals surface area contributed by atoms with Gasteiger partial charge in [0.05, 0.1) is 5.69 Å². The van der Waals surface area contributed by atoms with Gasteiger partial charge in [-0.3, -0.25) is 4.99 Å². The molecule has 5 heteroatoms. The van der Waals surface area contributed by atoms with Crippen molar-refractivity contribution in [2.24, 2.45) is 12.0 Å². The summed E-state index contributed by atoms with van der Waals surface area (Å²) in [5, 5.41) is 0. The molecule has 82 valence electrons. The van der Waals surface area contributed by atoms with Gasteiger partial charge in [-0.1, -0.05) is 0 Å². The highest BCUT2D eigenvalue weighted by atomic mass is 15.0. The van der Waals surface area contributed by atoms with Gasteiger partial charge in [-0.2, -0.15) is 0 Å². The maximum Gasteiger partial charge on any atom is 0.220 e. The smallest absolute Gasteiger partial charge is 0.220 e. The molecular formula is C11H13N5. The Morgan fingerprint density at radius 2 is 2.12 bits per heavy atom. The number of nitrogens with zero attached hydrogens (tertiary/aromatic N) is 4.